The smallest absolute Gasteiger partial charge is 0.306 e. The molecular formula is C11H18O2. The van der Waals surface area contributed by atoms with Crippen molar-refractivity contribution in [2.45, 2.75) is 51.0 Å². The Morgan fingerprint density at radius 3 is 2.92 bits per heavy atom. The van der Waals surface area contributed by atoms with Crippen molar-refractivity contribution in [1.82, 2.24) is 0 Å². The summed E-state index contributed by atoms with van der Waals surface area (Å²) < 4.78 is 5.11. The van der Waals surface area contributed by atoms with E-state index in [1.807, 2.05) is 6.08 Å². The Morgan fingerprint density at radius 2 is 2.31 bits per heavy atom. The summed E-state index contributed by atoms with van der Waals surface area (Å²) in [6.07, 6.45) is 9.48. The van der Waals surface area contributed by atoms with Gasteiger partial charge in [-0.3, -0.25) is 4.79 Å². The summed E-state index contributed by atoms with van der Waals surface area (Å²) in [6, 6.07) is 0. The number of hydrogen-bond acceptors (Lipinski definition) is 2. The predicted octanol–water partition coefficient (Wildman–Crippen LogP) is 2.83. The Hall–Kier alpha value is -0.790. The number of ether oxygens (including phenoxy) is 1. The molecule has 2 heteroatoms. The van der Waals surface area contributed by atoms with Crippen molar-refractivity contribution in [1.29, 1.82) is 0 Å². The zero-order valence-corrected chi connectivity index (χ0v) is 8.13. The summed E-state index contributed by atoms with van der Waals surface area (Å²) in [5, 5.41) is 0. The Morgan fingerprint density at radius 1 is 1.46 bits per heavy atom. The first-order chi connectivity index (χ1) is 6.33. The zero-order valence-electron chi connectivity index (χ0n) is 8.13. The molecule has 2 nitrogen and oxygen atoms in total. The van der Waals surface area contributed by atoms with Crippen LogP contribution in [0.3, 0.4) is 0 Å². The molecule has 0 aromatic heterocycles. The first-order valence-electron chi connectivity index (χ1n) is 5.13. The number of hydrogen-bond donors (Lipinski definition) is 0. The van der Waals surface area contributed by atoms with Crippen molar-refractivity contribution in [3.63, 3.8) is 0 Å². The Balaban J connectivity index is 1.94. The van der Waals surface area contributed by atoms with E-state index in [9.17, 15) is 4.79 Å². The van der Waals surface area contributed by atoms with Crippen molar-refractivity contribution >= 4 is 5.97 Å². The van der Waals surface area contributed by atoms with Gasteiger partial charge in [0.15, 0.2) is 0 Å². The Bertz CT molecular complexity index is 175. The minimum Gasteiger partial charge on any atom is -0.462 e. The lowest BCUT2D eigenvalue weighted by Crippen LogP contribution is -2.05. The van der Waals surface area contributed by atoms with Gasteiger partial charge in [0.25, 0.3) is 0 Å². The van der Waals surface area contributed by atoms with E-state index in [1.165, 1.54) is 19.3 Å². The largest absolute Gasteiger partial charge is 0.462 e. The average molecular weight is 182 g/mol. The molecule has 1 heterocycles. The van der Waals surface area contributed by atoms with Gasteiger partial charge in [0.1, 0.15) is 6.10 Å². The van der Waals surface area contributed by atoms with Gasteiger partial charge in [-0.1, -0.05) is 12.5 Å². The highest BCUT2D eigenvalue weighted by atomic mass is 16.5. The van der Waals surface area contributed by atoms with E-state index in [1.54, 1.807) is 0 Å². The van der Waals surface area contributed by atoms with Crippen molar-refractivity contribution < 1.29 is 9.53 Å². The topological polar surface area (TPSA) is 26.3 Å². The molecule has 1 aliphatic heterocycles. The van der Waals surface area contributed by atoms with E-state index < -0.39 is 0 Å². The van der Waals surface area contributed by atoms with Gasteiger partial charge in [0.2, 0.25) is 0 Å². The summed E-state index contributed by atoms with van der Waals surface area (Å²) in [4.78, 5) is 10.8. The number of allylic oxidation sites excluding steroid dienone is 1. The SMILES string of the molecule is C=CCCCCC[C@H]1CCC(=O)O1. The highest BCUT2D eigenvalue weighted by molar-refractivity contribution is 5.71. The quantitative estimate of drug-likeness (QED) is 0.358. The van der Waals surface area contributed by atoms with Crippen LogP contribution in [0.1, 0.15) is 44.9 Å². The maximum Gasteiger partial charge on any atom is 0.306 e. The summed E-state index contributed by atoms with van der Waals surface area (Å²) in [5.74, 6) is -0.0175. The molecule has 0 saturated carbocycles. The third kappa shape index (κ3) is 4.11. The summed E-state index contributed by atoms with van der Waals surface area (Å²) >= 11 is 0. The summed E-state index contributed by atoms with van der Waals surface area (Å²) in [6.45, 7) is 3.68. The molecule has 0 amide bonds. The van der Waals surface area contributed by atoms with Gasteiger partial charge in [0, 0.05) is 6.42 Å². The van der Waals surface area contributed by atoms with Gasteiger partial charge >= 0.3 is 5.97 Å². The molecule has 0 bridgehead atoms. The first-order valence-corrected chi connectivity index (χ1v) is 5.13. The van der Waals surface area contributed by atoms with Gasteiger partial charge in [-0.15, -0.1) is 6.58 Å². The highest BCUT2D eigenvalue weighted by Crippen LogP contribution is 2.19. The second-order valence-electron chi connectivity index (χ2n) is 3.58. The average Bonchev–Trinajstić information content (AvgIpc) is 2.51. The van der Waals surface area contributed by atoms with Crippen LogP contribution in [0.2, 0.25) is 0 Å². The summed E-state index contributed by atoms with van der Waals surface area (Å²) in [5.41, 5.74) is 0. The second kappa shape index (κ2) is 5.79. The molecule has 1 atom stereocenters. The molecule has 0 radical (unpaired) electrons. The highest BCUT2D eigenvalue weighted by Gasteiger charge is 2.22. The first kappa shape index (κ1) is 10.3. The third-order valence-electron chi connectivity index (χ3n) is 2.40. The van der Waals surface area contributed by atoms with Crippen molar-refractivity contribution in [3.8, 4) is 0 Å². The minimum atomic E-state index is -0.0175. The maximum absolute atomic E-state index is 10.8. The van der Waals surface area contributed by atoms with Crippen LogP contribution < -0.4 is 0 Å². The van der Waals surface area contributed by atoms with Crippen LogP contribution in [-0.2, 0) is 9.53 Å². The molecule has 1 fully saturated rings. The molecule has 1 saturated heterocycles. The number of rotatable bonds is 6. The predicted molar refractivity (Wildman–Crippen MR) is 52.4 cm³/mol. The number of cyclic esters (lactones) is 1. The lowest BCUT2D eigenvalue weighted by Gasteiger charge is -2.07. The van der Waals surface area contributed by atoms with Crippen LogP contribution in [0.5, 0.6) is 0 Å². The fourth-order valence-corrected chi connectivity index (χ4v) is 1.62. The molecule has 1 aliphatic rings. The fraction of sp³-hybridized carbons (Fsp3) is 0.727. The molecule has 0 aromatic carbocycles. The van der Waals surface area contributed by atoms with Gasteiger partial charge in [-0.2, -0.15) is 0 Å². The lowest BCUT2D eigenvalue weighted by molar-refractivity contribution is -0.141. The fourth-order valence-electron chi connectivity index (χ4n) is 1.62. The molecule has 1 rings (SSSR count). The van der Waals surface area contributed by atoms with Crippen LogP contribution in [0.4, 0.5) is 0 Å². The van der Waals surface area contributed by atoms with Crippen LogP contribution in [0.15, 0.2) is 12.7 Å². The molecule has 0 aliphatic carbocycles. The number of carbonyl (C=O) groups excluding carboxylic acids is 1. The van der Waals surface area contributed by atoms with Gasteiger partial charge < -0.3 is 4.74 Å². The summed E-state index contributed by atoms with van der Waals surface area (Å²) in [7, 11) is 0. The molecule has 0 N–H and O–H groups in total. The second-order valence-corrected chi connectivity index (χ2v) is 3.58. The lowest BCUT2D eigenvalue weighted by atomic mass is 10.1. The minimum absolute atomic E-state index is 0.0175. The normalized spacial score (nSPS) is 21.5. The number of unbranched alkanes of at least 4 members (excludes halogenated alkanes) is 3. The van der Waals surface area contributed by atoms with Crippen LogP contribution in [0.25, 0.3) is 0 Å². The van der Waals surface area contributed by atoms with E-state index in [-0.39, 0.29) is 12.1 Å². The molecule has 74 valence electrons. The molecule has 0 aromatic rings. The van der Waals surface area contributed by atoms with E-state index in [2.05, 4.69) is 6.58 Å². The Labute approximate surface area is 80.0 Å². The van der Waals surface area contributed by atoms with Crippen LogP contribution >= 0.6 is 0 Å². The number of carbonyl (C=O) groups is 1. The molecule has 0 unspecified atom stereocenters. The van der Waals surface area contributed by atoms with Crippen molar-refractivity contribution in [2.24, 2.45) is 0 Å². The molecule has 13 heavy (non-hydrogen) atoms. The zero-order chi connectivity index (χ0) is 9.52. The van der Waals surface area contributed by atoms with Gasteiger partial charge in [-0.25, -0.2) is 0 Å². The van der Waals surface area contributed by atoms with Crippen molar-refractivity contribution in [3.05, 3.63) is 12.7 Å². The van der Waals surface area contributed by atoms with Gasteiger partial charge in [-0.05, 0) is 32.1 Å². The molecule has 0 spiro atoms. The van der Waals surface area contributed by atoms with Crippen molar-refractivity contribution in [2.75, 3.05) is 0 Å². The number of esters is 1. The monoisotopic (exact) mass is 182 g/mol. The van der Waals surface area contributed by atoms with E-state index in [4.69, 9.17) is 4.74 Å². The Kier molecular flexibility index (Phi) is 4.58. The van der Waals surface area contributed by atoms with Gasteiger partial charge in [0.05, 0.1) is 0 Å². The third-order valence-corrected chi connectivity index (χ3v) is 2.40. The maximum atomic E-state index is 10.8. The van der Waals surface area contributed by atoms with E-state index in [0.29, 0.717) is 6.42 Å². The molecular weight excluding hydrogens is 164 g/mol. The van der Waals surface area contributed by atoms with Crippen LogP contribution in [0, 0.1) is 0 Å². The van der Waals surface area contributed by atoms with Crippen LogP contribution in [-0.4, -0.2) is 12.1 Å². The van der Waals surface area contributed by atoms with E-state index in [0.717, 1.165) is 19.3 Å². The van der Waals surface area contributed by atoms with E-state index >= 15 is 0 Å². The standard InChI is InChI=1S/C11H18O2/c1-2-3-4-5-6-7-10-8-9-11(12)13-10/h2,10H,1,3-9H2/t10-/m0/s1.